The molecular formula is C12H9F3N2. The first-order valence-corrected chi connectivity index (χ1v) is 4.84. The Hall–Kier alpha value is -2.17. The van der Waals surface area contributed by atoms with Gasteiger partial charge < -0.3 is 11.1 Å². The Kier molecular flexibility index (Phi) is 2.91. The molecular weight excluding hydrogens is 229 g/mol. The minimum absolute atomic E-state index is 0.0765. The molecule has 0 aromatic heterocycles. The average molecular weight is 238 g/mol. The summed E-state index contributed by atoms with van der Waals surface area (Å²) in [6.07, 6.45) is 0. The van der Waals surface area contributed by atoms with Gasteiger partial charge in [0, 0.05) is 0 Å². The molecule has 0 heterocycles. The van der Waals surface area contributed by atoms with Crippen molar-refractivity contribution in [3.05, 3.63) is 53.8 Å². The van der Waals surface area contributed by atoms with Gasteiger partial charge in [0.15, 0.2) is 0 Å². The lowest BCUT2D eigenvalue weighted by Gasteiger charge is -2.10. The Bertz CT molecular complexity index is 535. The van der Waals surface area contributed by atoms with Gasteiger partial charge in [-0.1, -0.05) is 6.07 Å². The number of nitrogens with two attached hydrogens (primary N) is 1. The first-order chi connectivity index (χ1) is 8.08. The number of hydrogen-bond donors (Lipinski definition) is 2. The van der Waals surface area contributed by atoms with Gasteiger partial charge in [-0.3, -0.25) is 0 Å². The fraction of sp³-hybridized carbons (Fsp3) is 0. The van der Waals surface area contributed by atoms with Crippen molar-refractivity contribution in [1.82, 2.24) is 0 Å². The zero-order chi connectivity index (χ0) is 12.4. The molecule has 3 N–H and O–H groups in total. The van der Waals surface area contributed by atoms with E-state index in [4.69, 9.17) is 5.73 Å². The second kappa shape index (κ2) is 4.37. The molecule has 0 spiro atoms. The van der Waals surface area contributed by atoms with Crippen molar-refractivity contribution >= 4 is 17.1 Å². The van der Waals surface area contributed by atoms with Crippen LogP contribution in [0.2, 0.25) is 0 Å². The van der Waals surface area contributed by atoms with Gasteiger partial charge in [0.1, 0.15) is 23.1 Å². The van der Waals surface area contributed by atoms with Gasteiger partial charge in [-0.25, -0.2) is 13.2 Å². The summed E-state index contributed by atoms with van der Waals surface area (Å²) in [4.78, 5) is 0. The third-order valence-electron chi connectivity index (χ3n) is 2.24. The second-order valence-electron chi connectivity index (χ2n) is 3.45. The highest BCUT2D eigenvalue weighted by Gasteiger charge is 2.10. The van der Waals surface area contributed by atoms with Gasteiger partial charge in [-0.05, 0) is 30.3 Å². The molecule has 0 radical (unpaired) electrons. The van der Waals surface area contributed by atoms with Crippen molar-refractivity contribution in [2.45, 2.75) is 0 Å². The molecule has 0 atom stereocenters. The van der Waals surface area contributed by atoms with Gasteiger partial charge in [0.2, 0.25) is 0 Å². The Morgan fingerprint density at radius 1 is 0.941 bits per heavy atom. The van der Waals surface area contributed by atoms with E-state index in [0.717, 1.165) is 24.3 Å². The highest BCUT2D eigenvalue weighted by Crippen LogP contribution is 2.27. The predicted octanol–water partition coefficient (Wildman–Crippen LogP) is 3.43. The van der Waals surface area contributed by atoms with E-state index >= 15 is 0 Å². The minimum Gasteiger partial charge on any atom is -0.397 e. The summed E-state index contributed by atoms with van der Waals surface area (Å²) in [5, 5.41) is 2.49. The van der Waals surface area contributed by atoms with Gasteiger partial charge >= 0.3 is 0 Å². The average Bonchev–Trinajstić information content (AvgIpc) is 2.26. The molecule has 88 valence electrons. The van der Waals surface area contributed by atoms with Crippen LogP contribution in [0, 0.1) is 17.5 Å². The molecule has 0 aliphatic carbocycles. The quantitative estimate of drug-likeness (QED) is 0.786. The summed E-state index contributed by atoms with van der Waals surface area (Å²) in [6.45, 7) is 0. The van der Waals surface area contributed by atoms with E-state index in [1.54, 1.807) is 0 Å². The summed E-state index contributed by atoms with van der Waals surface area (Å²) in [5.74, 6) is -2.00. The first kappa shape index (κ1) is 11.3. The summed E-state index contributed by atoms with van der Waals surface area (Å²) >= 11 is 0. The van der Waals surface area contributed by atoms with Crippen molar-refractivity contribution in [2.24, 2.45) is 0 Å². The van der Waals surface area contributed by atoms with Gasteiger partial charge in [0.05, 0.1) is 11.4 Å². The molecule has 0 fully saturated rings. The SMILES string of the molecule is Nc1cc(F)ccc1Nc1c(F)cccc1F. The van der Waals surface area contributed by atoms with Crippen molar-refractivity contribution in [2.75, 3.05) is 11.1 Å². The van der Waals surface area contributed by atoms with Crippen molar-refractivity contribution < 1.29 is 13.2 Å². The third-order valence-corrected chi connectivity index (χ3v) is 2.24. The van der Waals surface area contributed by atoms with Crippen LogP contribution in [0.15, 0.2) is 36.4 Å². The van der Waals surface area contributed by atoms with E-state index < -0.39 is 17.5 Å². The maximum Gasteiger partial charge on any atom is 0.149 e. The Morgan fingerprint density at radius 2 is 1.59 bits per heavy atom. The second-order valence-corrected chi connectivity index (χ2v) is 3.45. The largest absolute Gasteiger partial charge is 0.397 e. The molecule has 0 saturated heterocycles. The molecule has 2 aromatic rings. The van der Waals surface area contributed by atoms with E-state index in [2.05, 4.69) is 5.32 Å². The Morgan fingerprint density at radius 3 is 2.18 bits per heavy atom. The number of rotatable bonds is 2. The van der Waals surface area contributed by atoms with Crippen LogP contribution in [0.5, 0.6) is 0 Å². The van der Waals surface area contributed by atoms with Crippen molar-refractivity contribution in [3.8, 4) is 0 Å². The monoisotopic (exact) mass is 238 g/mol. The lowest BCUT2D eigenvalue weighted by molar-refractivity contribution is 0.591. The molecule has 17 heavy (non-hydrogen) atoms. The van der Waals surface area contributed by atoms with Crippen LogP contribution in [0.25, 0.3) is 0 Å². The zero-order valence-corrected chi connectivity index (χ0v) is 8.68. The summed E-state index contributed by atoms with van der Waals surface area (Å²) < 4.78 is 39.4. The molecule has 0 aliphatic rings. The van der Waals surface area contributed by atoms with Crippen LogP contribution in [0.3, 0.4) is 0 Å². The lowest BCUT2D eigenvalue weighted by Crippen LogP contribution is -2.00. The number of nitrogens with one attached hydrogen (secondary N) is 1. The van der Waals surface area contributed by atoms with E-state index in [9.17, 15) is 13.2 Å². The predicted molar refractivity (Wildman–Crippen MR) is 60.5 cm³/mol. The Labute approximate surface area is 95.9 Å². The number of halogens is 3. The molecule has 0 bridgehead atoms. The molecule has 2 nitrogen and oxygen atoms in total. The van der Waals surface area contributed by atoms with E-state index in [0.29, 0.717) is 0 Å². The smallest absolute Gasteiger partial charge is 0.149 e. The summed E-state index contributed by atoms with van der Waals surface area (Å²) in [6, 6.07) is 7.02. The standard InChI is InChI=1S/C12H9F3N2/c13-7-4-5-11(10(16)6-7)17-12-8(14)2-1-3-9(12)15/h1-6,17H,16H2. The molecule has 0 saturated carbocycles. The third kappa shape index (κ3) is 2.33. The number of nitrogen functional groups attached to an aromatic ring is 1. The van der Waals surface area contributed by atoms with Crippen molar-refractivity contribution in [1.29, 1.82) is 0 Å². The maximum absolute atomic E-state index is 13.3. The van der Waals surface area contributed by atoms with Gasteiger partial charge in [-0.2, -0.15) is 0 Å². The molecule has 0 amide bonds. The first-order valence-electron chi connectivity index (χ1n) is 4.84. The van der Waals surface area contributed by atoms with Crippen molar-refractivity contribution in [3.63, 3.8) is 0 Å². The molecule has 2 rings (SSSR count). The van der Waals surface area contributed by atoms with Crippen LogP contribution < -0.4 is 11.1 Å². The number of anilines is 3. The molecule has 0 unspecified atom stereocenters. The highest BCUT2D eigenvalue weighted by molar-refractivity contribution is 5.72. The van der Waals surface area contributed by atoms with Crippen LogP contribution in [0.4, 0.5) is 30.2 Å². The van der Waals surface area contributed by atoms with Crippen LogP contribution >= 0.6 is 0 Å². The minimum atomic E-state index is -0.742. The number of benzene rings is 2. The normalized spacial score (nSPS) is 10.3. The van der Waals surface area contributed by atoms with E-state index in [1.165, 1.54) is 12.1 Å². The highest BCUT2D eigenvalue weighted by atomic mass is 19.1. The van der Waals surface area contributed by atoms with Crippen LogP contribution in [0.1, 0.15) is 0 Å². The number of hydrogen-bond acceptors (Lipinski definition) is 2. The van der Waals surface area contributed by atoms with Gasteiger partial charge in [-0.15, -0.1) is 0 Å². The summed E-state index contributed by atoms with van der Waals surface area (Å²) in [7, 11) is 0. The summed E-state index contributed by atoms with van der Waals surface area (Å²) in [5.41, 5.74) is 5.53. The zero-order valence-electron chi connectivity index (χ0n) is 8.68. The Balaban J connectivity index is 2.38. The van der Waals surface area contributed by atoms with Crippen LogP contribution in [-0.4, -0.2) is 0 Å². The number of para-hydroxylation sites is 1. The molecule has 0 aliphatic heterocycles. The van der Waals surface area contributed by atoms with E-state index in [1.807, 2.05) is 0 Å². The van der Waals surface area contributed by atoms with Gasteiger partial charge in [0.25, 0.3) is 0 Å². The topological polar surface area (TPSA) is 38.0 Å². The molecule has 2 aromatic carbocycles. The van der Waals surface area contributed by atoms with E-state index in [-0.39, 0.29) is 17.1 Å². The maximum atomic E-state index is 13.3. The fourth-order valence-corrected chi connectivity index (χ4v) is 1.40. The lowest BCUT2D eigenvalue weighted by atomic mass is 10.2. The van der Waals surface area contributed by atoms with Crippen LogP contribution in [-0.2, 0) is 0 Å². The fourth-order valence-electron chi connectivity index (χ4n) is 1.40. The molecule has 5 heteroatoms.